The summed E-state index contributed by atoms with van der Waals surface area (Å²) in [5.41, 5.74) is 6.12. The van der Waals surface area contributed by atoms with E-state index in [2.05, 4.69) is 47.6 Å². The Morgan fingerprint density at radius 1 is 1.00 bits per heavy atom. The van der Waals surface area contributed by atoms with Crippen molar-refractivity contribution in [3.05, 3.63) is 93.5 Å². The van der Waals surface area contributed by atoms with Crippen LogP contribution < -0.4 is 20.1 Å². The van der Waals surface area contributed by atoms with Crippen LogP contribution in [0.5, 0.6) is 11.5 Å². The lowest BCUT2D eigenvalue weighted by molar-refractivity contribution is -0.125. The van der Waals surface area contributed by atoms with E-state index in [1.165, 1.54) is 16.7 Å². The van der Waals surface area contributed by atoms with E-state index in [4.69, 9.17) is 21.1 Å². The Morgan fingerprint density at radius 2 is 1.78 bits per heavy atom. The van der Waals surface area contributed by atoms with Gasteiger partial charge in [0.2, 0.25) is 12.7 Å². The van der Waals surface area contributed by atoms with Crippen LogP contribution in [0.25, 0.3) is 0 Å². The fourth-order valence-electron chi connectivity index (χ4n) is 5.11. The number of rotatable bonds is 9. The summed E-state index contributed by atoms with van der Waals surface area (Å²) in [4.78, 5) is 15.6. The summed E-state index contributed by atoms with van der Waals surface area (Å²) in [6, 6.07) is 20.4. The van der Waals surface area contributed by atoms with E-state index >= 15 is 0 Å². The molecule has 37 heavy (non-hydrogen) atoms. The minimum Gasteiger partial charge on any atom is -0.454 e. The van der Waals surface area contributed by atoms with Crippen molar-refractivity contribution < 1.29 is 14.3 Å². The third-order valence-corrected chi connectivity index (χ3v) is 7.49. The third kappa shape index (κ3) is 6.45. The first-order chi connectivity index (χ1) is 17.9. The molecule has 0 spiro atoms. The molecule has 1 saturated heterocycles. The van der Waals surface area contributed by atoms with Gasteiger partial charge in [0.25, 0.3) is 0 Å². The summed E-state index contributed by atoms with van der Waals surface area (Å²) in [6.07, 6.45) is 1.51. The van der Waals surface area contributed by atoms with Gasteiger partial charge in [0.1, 0.15) is 0 Å². The molecule has 2 aliphatic heterocycles. The number of nitrogens with zero attached hydrogens (tertiary/aromatic N) is 1. The lowest BCUT2D eigenvalue weighted by Crippen LogP contribution is -2.43. The van der Waals surface area contributed by atoms with Crippen LogP contribution in [0.3, 0.4) is 0 Å². The molecule has 0 radical (unpaired) electrons. The lowest BCUT2D eigenvalue weighted by Gasteiger charge is -2.23. The maximum absolute atomic E-state index is 13.3. The Bertz CT molecular complexity index is 1250. The standard InChI is InChI=1S/C30H34ClN3O3/c1-20-3-4-21(2)24(13-20)16-33-26-15-27(34(18-26)17-23-5-8-25(31)9-6-23)30(35)32-12-11-22-7-10-28-29(14-22)37-19-36-28/h3-10,13-14,26-27,33H,11-12,15-19H2,1-2H3,(H,32,35)/t26-,27-/m0/s1. The second kappa shape index (κ2) is 11.5. The molecule has 0 bridgehead atoms. The fourth-order valence-corrected chi connectivity index (χ4v) is 5.24. The smallest absolute Gasteiger partial charge is 0.237 e. The first-order valence-corrected chi connectivity index (χ1v) is 13.3. The predicted molar refractivity (Wildman–Crippen MR) is 146 cm³/mol. The van der Waals surface area contributed by atoms with E-state index in [0.29, 0.717) is 13.1 Å². The molecular weight excluding hydrogens is 486 g/mol. The summed E-state index contributed by atoms with van der Waals surface area (Å²) < 4.78 is 10.9. The van der Waals surface area contributed by atoms with E-state index in [1.807, 2.05) is 42.5 Å². The number of fused-ring (bicyclic) bond motifs is 1. The molecule has 1 fully saturated rings. The van der Waals surface area contributed by atoms with Crippen LogP contribution in [-0.4, -0.2) is 42.8 Å². The zero-order chi connectivity index (χ0) is 25.8. The van der Waals surface area contributed by atoms with Crippen LogP contribution in [-0.2, 0) is 24.3 Å². The molecule has 6 nitrogen and oxygen atoms in total. The van der Waals surface area contributed by atoms with E-state index in [9.17, 15) is 4.79 Å². The van der Waals surface area contributed by atoms with Crippen molar-refractivity contribution in [2.24, 2.45) is 0 Å². The van der Waals surface area contributed by atoms with Crippen molar-refractivity contribution in [1.29, 1.82) is 0 Å². The maximum Gasteiger partial charge on any atom is 0.237 e. The van der Waals surface area contributed by atoms with Gasteiger partial charge in [0.15, 0.2) is 11.5 Å². The van der Waals surface area contributed by atoms with Crippen LogP contribution in [0.15, 0.2) is 60.7 Å². The number of hydrogen-bond acceptors (Lipinski definition) is 5. The second-order valence-corrected chi connectivity index (χ2v) is 10.5. The van der Waals surface area contributed by atoms with Crippen molar-refractivity contribution in [1.82, 2.24) is 15.5 Å². The number of benzene rings is 3. The monoisotopic (exact) mass is 519 g/mol. The van der Waals surface area contributed by atoms with Crippen molar-refractivity contribution >= 4 is 17.5 Å². The topological polar surface area (TPSA) is 62.8 Å². The molecule has 2 N–H and O–H groups in total. The summed E-state index contributed by atoms with van der Waals surface area (Å²) in [7, 11) is 0. The maximum atomic E-state index is 13.3. The molecule has 2 atom stereocenters. The van der Waals surface area contributed by atoms with Gasteiger partial charge in [-0.25, -0.2) is 0 Å². The Labute approximate surface area is 223 Å². The predicted octanol–water partition coefficient (Wildman–Crippen LogP) is 4.78. The summed E-state index contributed by atoms with van der Waals surface area (Å²) in [5.74, 6) is 1.62. The van der Waals surface area contributed by atoms with Gasteiger partial charge in [-0.05, 0) is 73.2 Å². The van der Waals surface area contributed by atoms with Crippen LogP contribution in [0, 0.1) is 13.8 Å². The first kappa shape index (κ1) is 25.6. The lowest BCUT2D eigenvalue weighted by atomic mass is 10.0. The Hall–Kier alpha value is -3.06. The number of nitrogens with one attached hydrogen (secondary N) is 2. The van der Waals surface area contributed by atoms with Gasteiger partial charge in [-0.2, -0.15) is 0 Å². The molecule has 3 aromatic carbocycles. The number of carbonyl (C=O) groups excluding carboxylic acids is 1. The minimum atomic E-state index is -0.191. The fraction of sp³-hybridized carbons (Fsp3) is 0.367. The molecule has 1 amide bonds. The van der Waals surface area contributed by atoms with Gasteiger partial charge in [0, 0.05) is 37.2 Å². The average molecular weight is 520 g/mol. The Morgan fingerprint density at radius 3 is 2.62 bits per heavy atom. The Kier molecular flexibility index (Phi) is 7.99. The van der Waals surface area contributed by atoms with E-state index < -0.39 is 0 Å². The van der Waals surface area contributed by atoms with Crippen molar-refractivity contribution in [3.8, 4) is 11.5 Å². The molecule has 0 unspecified atom stereocenters. The van der Waals surface area contributed by atoms with Gasteiger partial charge >= 0.3 is 0 Å². The van der Waals surface area contributed by atoms with Crippen molar-refractivity contribution in [3.63, 3.8) is 0 Å². The van der Waals surface area contributed by atoms with Crippen molar-refractivity contribution in [2.45, 2.75) is 51.9 Å². The highest BCUT2D eigenvalue weighted by Crippen LogP contribution is 2.32. The first-order valence-electron chi connectivity index (χ1n) is 12.9. The van der Waals surface area contributed by atoms with E-state index in [0.717, 1.165) is 53.6 Å². The highest BCUT2D eigenvalue weighted by molar-refractivity contribution is 6.30. The average Bonchev–Trinajstić information content (AvgIpc) is 3.52. The third-order valence-electron chi connectivity index (χ3n) is 7.24. The van der Waals surface area contributed by atoms with Gasteiger partial charge in [-0.3, -0.25) is 9.69 Å². The molecule has 0 aliphatic carbocycles. The number of hydrogen-bond donors (Lipinski definition) is 2. The van der Waals surface area contributed by atoms with Crippen molar-refractivity contribution in [2.75, 3.05) is 19.9 Å². The number of amides is 1. The zero-order valence-electron chi connectivity index (χ0n) is 21.4. The summed E-state index contributed by atoms with van der Waals surface area (Å²) >= 11 is 6.09. The number of halogens is 1. The number of likely N-dealkylation sites (tertiary alicyclic amines) is 1. The van der Waals surface area contributed by atoms with Crippen LogP contribution >= 0.6 is 11.6 Å². The highest BCUT2D eigenvalue weighted by Gasteiger charge is 2.36. The molecule has 7 heteroatoms. The number of aryl methyl sites for hydroxylation is 2. The molecule has 2 aliphatic rings. The van der Waals surface area contributed by atoms with Gasteiger partial charge in [0.05, 0.1) is 6.04 Å². The van der Waals surface area contributed by atoms with Gasteiger partial charge in [-0.15, -0.1) is 0 Å². The summed E-state index contributed by atoms with van der Waals surface area (Å²) in [5, 5.41) is 7.61. The number of ether oxygens (including phenoxy) is 2. The van der Waals surface area contributed by atoms with Gasteiger partial charge < -0.3 is 20.1 Å². The van der Waals surface area contributed by atoms with E-state index in [1.54, 1.807) is 0 Å². The Balaban J connectivity index is 1.21. The van der Waals surface area contributed by atoms with Crippen LogP contribution in [0.1, 0.15) is 34.2 Å². The molecule has 194 valence electrons. The second-order valence-electron chi connectivity index (χ2n) is 10.0. The van der Waals surface area contributed by atoms with Crippen LogP contribution in [0.2, 0.25) is 5.02 Å². The normalized spacial score (nSPS) is 18.8. The zero-order valence-corrected chi connectivity index (χ0v) is 22.2. The molecule has 2 heterocycles. The van der Waals surface area contributed by atoms with Gasteiger partial charge in [-0.1, -0.05) is 53.6 Å². The molecule has 3 aromatic rings. The molecule has 0 aromatic heterocycles. The largest absolute Gasteiger partial charge is 0.454 e. The van der Waals surface area contributed by atoms with Crippen LogP contribution in [0.4, 0.5) is 0 Å². The molecule has 5 rings (SSSR count). The summed E-state index contributed by atoms with van der Waals surface area (Å²) in [6.45, 7) is 7.42. The number of carbonyl (C=O) groups is 1. The van der Waals surface area contributed by atoms with E-state index in [-0.39, 0.29) is 24.8 Å². The quantitative estimate of drug-likeness (QED) is 0.426. The molecular formula is C30H34ClN3O3. The SMILES string of the molecule is Cc1ccc(C)c(CN[C@H]2C[C@@H](C(=O)NCCc3ccc4c(c3)OCO4)N(Cc3ccc(Cl)cc3)C2)c1. The minimum absolute atomic E-state index is 0.0748. The molecule has 0 saturated carbocycles. The highest BCUT2D eigenvalue weighted by atomic mass is 35.5.